The van der Waals surface area contributed by atoms with Crippen LogP contribution in [0.3, 0.4) is 0 Å². The molecule has 0 saturated heterocycles. The smallest absolute Gasteiger partial charge is 0.159 e. The number of nitriles is 2. The molecule has 62 heavy (non-hydrogen) atoms. The molecule has 0 amide bonds. The maximum absolute atomic E-state index is 9.80. The van der Waals surface area contributed by atoms with E-state index in [0.717, 1.165) is 110 Å². The van der Waals surface area contributed by atoms with E-state index in [1.54, 1.807) is 0 Å². The molecule has 6 nitrogen and oxygen atoms in total. The van der Waals surface area contributed by atoms with Crippen LogP contribution in [0.5, 0.6) is 0 Å². The first-order valence-electron chi connectivity index (χ1n) is 20.5. The van der Waals surface area contributed by atoms with Crippen molar-refractivity contribution in [1.82, 2.24) is 0 Å². The molecule has 12 rings (SSSR count). The molecule has 2 aromatic heterocycles. The second-order valence-electron chi connectivity index (χ2n) is 15.5. The van der Waals surface area contributed by atoms with Gasteiger partial charge in [0.25, 0.3) is 0 Å². The van der Waals surface area contributed by atoms with Crippen LogP contribution < -0.4 is 9.80 Å². The SMILES string of the molecule is N#Cc1ccc(N(c2cc3c4ccccc4c(N(c4ccc(C#N)cc4)c4cccc5c4oc4ccccc45)cc3c3ccccc23)c2cccc3c2oc2ccccc23)cc1. The number of hydrogen-bond donors (Lipinski definition) is 0. The van der Waals surface area contributed by atoms with Gasteiger partial charge in [-0.05, 0) is 106 Å². The molecule has 0 N–H and O–H groups in total. The summed E-state index contributed by atoms with van der Waals surface area (Å²) in [5, 5.41) is 30.1. The molecular formula is C56H32N4O2. The summed E-state index contributed by atoms with van der Waals surface area (Å²) in [6.45, 7) is 0. The van der Waals surface area contributed by atoms with E-state index in [1.165, 1.54) is 0 Å². The predicted molar refractivity (Wildman–Crippen MR) is 252 cm³/mol. The van der Waals surface area contributed by atoms with Crippen LogP contribution >= 0.6 is 0 Å². The molecule has 10 aromatic carbocycles. The van der Waals surface area contributed by atoms with Crippen molar-refractivity contribution in [2.75, 3.05) is 9.80 Å². The molecule has 2 heterocycles. The van der Waals surface area contributed by atoms with Gasteiger partial charge >= 0.3 is 0 Å². The van der Waals surface area contributed by atoms with Gasteiger partial charge in [-0.25, -0.2) is 0 Å². The van der Waals surface area contributed by atoms with Crippen LogP contribution in [0.25, 0.3) is 76.2 Å². The average molecular weight is 793 g/mol. The number of rotatable bonds is 6. The summed E-state index contributed by atoms with van der Waals surface area (Å²) in [7, 11) is 0. The van der Waals surface area contributed by atoms with Crippen molar-refractivity contribution in [2.24, 2.45) is 0 Å². The third-order valence-electron chi connectivity index (χ3n) is 12.1. The highest BCUT2D eigenvalue weighted by Crippen LogP contribution is 2.50. The number of benzene rings is 10. The Morgan fingerprint density at radius 2 is 0.661 bits per heavy atom. The van der Waals surface area contributed by atoms with Crippen molar-refractivity contribution in [3.05, 3.63) is 205 Å². The Balaban J connectivity index is 1.17. The first-order chi connectivity index (χ1) is 30.7. The van der Waals surface area contributed by atoms with Crippen LogP contribution in [0, 0.1) is 22.7 Å². The van der Waals surface area contributed by atoms with E-state index < -0.39 is 0 Å². The van der Waals surface area contributed by atoms with Gasteiger partial charge in [0.15, 0.2) is 11.2 Å². The molecule has 0 radical (unpaired) electrons. The minimum atomic E-state index is 0.586. The van der Waals surface area contributed by atoms with Crippen LogP contribution in [-0.4, -0.2) is 0 Å². The Morgan fingerprint density at radius 3 is 1.06 bits per heavy atom. The van der Waals surface area contributed by atoms with Crippen LogP contribution in [0.4, 0.5) is 34.1 Å². The molecule has 12 aromatic rings. The molecule has 6 heteroatoms. The Morgan fingerprint density at radius 1 is 0.306 bits per heavy atom. The Labute approximate surface area is 355 Å². The van der Waals surface area contributed by atoms with Gasteiger partial charge in [-0.3, -0.25) is 0 Å². The summed E-state index contributed by atoms with van der Waals surface area (Å²) in [6.07, 6.45) is 0. The highest BCUT2D eigenvalue weighted by atomic mass is 16.3. The second-order valence-corrected chi connectivity index (χ2v) is 15.5. The Kier molecular flexibility index (Phi) is 7.87. The molecule has 0 unspecified atom stereocenters. The van der Waals surface area contributed by atoms with Crippen molar-refractivity contribution in [3.63, 3.8) is 0 Å². The van der Waals surface area contributed by atoms with E-state index in [1.807, 2.05) is 84.9 Å². The lowest BCUT2D eigenvalue weighted by Crippen LogP contribution is -2.12. The van der Waals surface area contributed by atoms with E-state index in [0.29, 0.717) is 11.1 Å². The molecule has 0 aliphatic carbocycles. The van der Waals surface area contributed by atoms with Gasteiger partial charge in [0.05, 0.1) is 46.0 Å². The van der Waals surface area contributed by atoms with Gasteiger partial charge in [0, 0.05) is 43.7 Å². The van der Waals surface area contributed by atoms with E-state index in [2.05, 4.69) is 131 Å². The molecule has 288 valence electrons. The Bertz CT molecular complexity index is 3590. The molecular weight excluding hydrogens is 761 g/mol. The van der Waals surface area contributed by atoms with Crippen LogP contribution in [0.15, 0.2) is 203 Å². The fourth-order valence-electron chi connectivity index (χ4n) is 9.29. The van der Waals surface area contributed by atoms with Crippen LogP contribution in [0.2, 0.25) is 0 Å². The van der Waals surface area contributed by atoms with Crippen molar-refractivity contribution in [1.29, 1.82) is 10.5 Å². The number of furan rings is 2. The largest absolute Gasteiger partial charge is 0.454 e. The van der Waals surface area contributed by atoms with Gasteiger partial charge in [-0.2, -0.15) is 10.5 Å². The molecule has 0 bridgehead atoms. The van der Waals surface area contributed by atoms with Gasteiger partial charge in [0.2, 0.25) is 0 Å². The summed E-state index contributed by atoms with van der Waals surface area (Å²) in [4.78, 5) is 4.53. The minimum Gasteiger partial charge on any atom is -0.454 e. The molecule has 0 aliphatic rings. The summed E-state index contributed by atoms with van der Waals surface area (Å²) in [6, 6.07) is 70.7. The lowest BCUT2D eigenvalue weighted by molar-refractivity contribution is 0.669. The molecule has 0 atom stereocenters. The van der Waals surface area contributed by atoms with E-state index in [9.17, 15) is 10.5 Å². The fourth-order valence-corrected chi connectivity index (χ4v) is 9.29. The summed E-state index contributed by atoms with van der Waals surface area (Å²) in [5.74, 6) is 0. The van der Waals surface area contributed by atoms with E-state index in [4.69, 9.17) is 8.83 Å². The highest BCUT2D eigenvalue weighted by Gasteiger charge is 2.26. The van der Waals surface area contributed by atoms with Crippen molar-refractivity contribution >= 4 is 110 Å². The first kappa shape index (κ1) is 35.1. The quantitative estimate of drug-likeness (QED) is 0.156. The normalized spacial score (nSPS) is 11.5. The first-order valence-corrected chi connectivity index (χ1v) is 20.5. The molecule has 0 spiro atoms. The van der Waals surface area contributed by atoms with Gasteiger partial charge < -0.3 is 18.6 Å². The highest BCUT2D eigenvalue weighted by molar-refractivity contribution is 6.25. The number of anilines is 6. The van der Waals surface area contributed by atoms with Gasteiger partial charge in [0.1, 0.15) is 11.2 Å². The maximum Gasteiger partial charge on any atom is 0.159 e. The van der Waals surface area contributed by atoms with Crippen LogP contribution in [0.1, 0.15) is 11.1 Å². The summed E-state index contributed by atoms with van der Waals surface area (Å²) in [5.41, 5.74) is 9.88. The Hall–Kier alpha value is -8.84. The topological polar surface area (TPSA) is 80.3 Å². The monoisotopic (exact) mass is 792 g/mol. The average Bonchev–Trinajstić information content (AvgIpc) is 3.92. The third-order valence-corrected chi connectivity index (χ3v) is 12.1. The van der Waals surface area contributed by atoms with Gasteiger partial charge in [-0.15, -0.1) is 0 Å². The number of para-hydroxylation sites is 4. The minimum absolute atomic E-state index is 0.586. The molecule has 0 aliphatic heterocycles. The standard InChI is InChI=1S/C56H32N4O2/c57-33-35-23-27-37(28-24-35)59(49-19-9-17-45-43-15-5-7-21-53(43)61-55(45)49)51-32-48-40-12-2-4-14-42(40)52(31-47(48)39-11-1-3-13-41(39)51)60(38-29-25-36(34-58)26-30-38)50-20-10-18-46-44-16-6-8-22-54(44)62-56(46)50/h1-32H. The van der Waals surface area contributed by atoms with Crippen molar-refractivity contribution in [3.8, 4) is 12.1 Å². The zero-order valence-electron chi connectivity index (χ0n) is 33.1. The van der Waals surface area contributed by atoms with Crippen molar-refractivity contribution < 1.29 is 8.83 Å². The number of hydrogen-bond acceptors (Lipinski definition) is 6. The number of nitrogens with zero attached hydrogens (tertiary/aromatic N) is 4. The zero-order chi connectivity index (χ0) is 41.3. The van der Waals surface area contributed by atoms with Gasteiger partial charge in [-0.1, -0.05) is 109 Å². The zero-order valence-corrected chi connectivity index (χ0v) is 33.1. The fraction of sp³-hybridized carbons (Fsp3) is 0. The van der Waals surface area contributed by atoms with E-state index >= 15 is 0 Å². The third kappa shape index (κ3) is 5.35. The molecule has 0 saturated carbocycles. The summed E-state index contributed by atoms with van der Waals surface area (Å²) < 4.78 is 13.4. The lowest BCUT2D eigenvalue weighted by atomic mass is 9.93. The lowest BCUT2D eigenvalue weighted by Gasteiger charge is -2.29. The number of fused-ring (bicyclic) bond motifs is 11. The predicted octanol–water partition coefficient (Wildman–Crippen LogP) is 15.6. The second kappa shape index (κ2) is 13.9. The van der Waals surface area contributed by atoms with E-state index in [-0.39, 0.29) is 0 Å². The van der Waals surface area contributed by atoms with Crippen LogP contribution in [-0.2, 0) is 0 Å². The summed E-state index contributed by atoms with van der Waals surface area (Å²) >= 11 is 0. The maximum atomic E-state index is 9.80. The van der Waals surface area contributed by atoms with Crippen molar-refractivity contribution in [2.45, 2.75) is 0 Å². The molecule has 0 fully saturated rings.